The van der Waals surface area contributed by atoms with Gasteiger partial charge in [-0.05, 0) is 0 Å². The highest BCUT2D eigenvalue weighted by atomic mass is 35.5. The standard InChI is InChI=1S/C5H9NO.ClH/c1-4-2-7-3-5(4)6-1;/h4-6H,1-3H2;1H/t4-,5+;/m0./s1. The summed E-state index contributed by atoms with van der Waals surface area (Å²) in [6.45, 7) is 3.13. The lowest BCUT2D eigenvalue weighted by Gasteiger charge is -2.29. The molecule has 2 rings (SSSR count). The van der Waals surface area contributed by atoms with E-state index in [2.05, 4.69) is 5.32 Å². The van der Waals surface area contributed by atoms with E-state index >= 15 is 0 Å². The third-order valence-corrected chi connectivity index (χ3v) is 1.84. The van der Waals surface area contributed by atoms with Crippen molar-refractivity contribution in [3.8, 4) is 0 Å². The van der Waals surface area contributed by atoms with Crippen LogP contribution in [0.1, 0.15) is 0 Å². The molecule has 0 radical (unpaired) electrons. The van der Waals surface area contributed by atoms with Crippen LogP contribution in [0.4, 0.5) is 0 Å². The Balaban J connectivity index is 0.000000320. The van der Waals surface area contributed by atoms with Crippen LogP contribution in [0.25, 0.3) is 0 Å². The molecular weight excluding hydrogens is 126 g/mol. The highest BCUT2D eigenvalue weighted by molar-refractivity contribution is 5.85. The van der Waals surface area contributed by atoms with Crippen molar-refractivity contribution in [1.82, 2.24) is 5.32 Å². The molecule has 0 saturated carbocycles. The molecule has 0 aromatic heterocycles. The Kier molecular flexibility index (Phi) is 1.75. The van der Waals surface area contributed by atoms with Gasteiger partial charge in [-0.3, -0.25) is 0 Å². The Morgan fingerprint density at radius 1 is 1.38 bits per heavy atom. The van der Waals surface area contributed by atoms with Gasteiger partial charge >= 0.3 is 0 Å². The molecule has 3 heteroatoms. The maximum absolute atomic E-state index is 5.17. The average molecular weight is 136 g/mol. The molecule has 0 aliphatic carbocycles. The Labute approximate surface area is 55.0 Å². The van der Waals surface area contributed by atoms with Gasteiger partial charge in [0.15, 0.2) is 0 Å². The molecule has 1 N–H and O–H groups in total. The summed E-state index contributed by atoms with van der Waals surface area (Å²) in [6.07, 6.45) is 0. The normalized spacial score (nSPS) is 42.0. The molecule has 2 saturated heterocycles. The summed E-state index contributed by atoms with van der Waals surface area (Å²) in [4.78, 5) is 0. The van der Waals surface area contributed by atoms with Crippen LogP contribution in [-0.2, 0) is 4.74 Å². The summed E-state index contributed by atoms with van der Waals surface area (Å²) >= 11 is 0. The van der Waals surface area contributed by atoms with Crippen LogP contribution in [0.2, 0.25) is 0 Å². The first-order chi connectivity index (χ1) is 3.47. The number of hydrogen-bond donors (Lipinski definition) is 1. The maximum atomic E-state index is 5.17. The van der Waals surface area contributed by atoms with Crippen molar-refractivity contribution >= 4 is 12.4 Å². The number of hydrogen-bond acceptors (Lipinski definition) is 2. The molecule has 2 fully saturated rings. The predicted octanol–water partition coefficient (Wildman–Crippen LogP) is 0.0264. The Morgan fingerprint density at radius 3 is 2.50 bits per heavy atom. The summed E-state index contributed by atoms with van der Waals surface area (Å²) in [5, 5.41) is 3.28. The quantitative estimate of drug-likeness (QED) is 0.506. The van der Waals surface area contributed by atoms with Gasteiger partial charge in [-0.15, -0.1) is 12.4 Å². The summed E-state index contributed by atoms with van der Waals surface area (Å²) < 4.78 is 5.17. The molecule has 0 bridgehead atoms. The van der Waals surface area contributed by atoms with Crippen LogP contribution in [0.3, 0.4) is 0 Å². The zero-order valence-electron chi connectivity index (χ0n) is 4.59. The van der Waals surface area contributed by atoms with Gasteiger partial charge in [0.05, 0.1) is 13.2 Å². The highest BCUT2D eigenvalue weighted by Gasteiger charge is 2.34. The van der Waals surface area contributed by atoms with Crippen LogP contribution in [0.5, 0.6) is 0 Å². The van der Waals surface area contributed by atoms with Crippen molar-refractivity contribution in [2.45, 2.75) is 6.04 Å². The molecule has 0 aromatic rings. The van der Waals surface area contributed by atoms with Gasteiger partial charge in [-0.1, -0.05) is 0 Å². The van der Waals surface area contributed by atoms with Crippen LogP contribution >= 0.6 is 12.4 Å². The second-order valence-electron chi connectivity index (χ2n) is 2.31. The fourth-order valence-corrected chi connectivity index (χ4v) is 1.17. The van der Waals surface area contributed by atoms with E-state index in [1.54, 1.807) is 0 Å². The first-order valence-corrected chi connectivity index (χ1v) is 2.78. The lowest BCUT2D eigenvalue weighted by Crippen LogP contribution is -2.51. The van der Waals surface area contributed by atoms with E-state index in [9.17, 15) is 0 Å². The summed E-state index contributed by atoms with van der Waals surface area (Å²) in [5.41, 5.74) is 0. The van der Waals surface area contributed by atoms with Crippen LogP contribution in [0, 0.1) is 5.92 Å². The fourth-order valence-electron chi connectivity index (χ4n) is 1.17. The summed E-state index contributed by atoms with van der Waals surface area (Å²) in [7, 11) is 0. The molecule has 2 aliphatic heterocycles. The van der Waals surface area contributed by atoms with Crippen molar-refractivity contribution in [1.29, 1.82) is 0 Å². The first-order valence-electron chi connectivity index (χ1n) is 2.78. The molecule has 2 nitrogen and oxygen atoms in total. The number of ether oxygens (including phenoxy) is 1. The predicted molar refractivity (Wildman–Crippen MR) is 33.3 cm³/mol. The maximum Gasteiger partial charge on any atom is 0.0623 e. The zero-order valence-corrected chi connectivity index (χ0v) is 5.41. The van der Waals surface area contributed by atoms with Gasteiger partial charge in [0.1, 0.15) is 0 Å². The summed E-state index contributed by atoms with van der Waals surface area (Å²) in [5.74, 6) is 0.861. The van der Waals surface area contributed by atoms with Crippen LogP contribution < -0.4 is 5.32 Å². The number of rotatable bonds is 0. The van der Waals surface area contributed by atoms with Crippen molar-refractivity contribution in [2.75, 3.05) is 19.8 Å². The van der Waals surface area contributed by atoms with Crippen molar-refractivity contribution in [3.05, 3.63) is 0 Å². The van der Waals surface area contributed by atoms with Gasteiger partial charge < -0.3 is 10.1 Å². The molecule has 2 atom stereocenters. The minimum atomic E-state index is 0. The zero-order chi connectivity index (χ0) is 4.69. The van der Waals surface area contributed by atoms with Crippen molar-refractivity contribution in [3.63, 3.8) is 0 Å². The minimum absolute atomic E-state index is 0. The van der Waals surface area contributed by atoms with Gasteiger partial charge in [-0.2, -0.15) is 0 Å². The van der Waals surface area contributed by atoms with Gasteiger partial charge in [0.2, 0.25) is 0 Å². The second kappa shape index (κ2) is 2.21. The van der Waals surface area contributed by atoms with Crippen molar-refractivity contribution in [2.24, 2.45) is 5.92 Å². The molecule has 48 valence electrons. The van der Waals surface area contributed by atoms with E-state index in [-0.39, 0.29) is 12.4 Å². The van der Waals surface area contributed by atoms with E-state index in [0.29, 0.717) is 0 Å². The topological polar surface area (TPSA) is 21.3 Å². The molecule has 0 aromatic carbocycles. The fraction of sp³-hybridized carbons (Fsp3) is 1.00. The third kappa shape index (κ3) is 0.729. The average Bonchev–Trinajstić information content (AvgIpc) is 1.85. The van der Waals surface area contributed by atoms with Gasteiger partial charge in [-0.25, -0.2) is 0 Å². The monoisotopic (exact) mass is 135 g/mol. The summed E-state index contributed by atoms with van der Waals surface area (Å²) in [6, 6.07) is 0.722. The van der Waals surface area contributed by atoms with Crippen molar-refractivity contribution < 1.29 is 4.74 Å². The largest absolute Gasteiger partial charge is 0.379 e. The lowest BCUT2D eigenvalue weighted by atomic mass is 9.96. The molecular formula is C5H10ClNO. The van der Waals surface area contributed by atoms with E-state index < -0.39 is 0 Å². The third-order valence-electron chi connectivity index (χ3n) is 1.84. The number of halogens is 1. The smallest absolute Gasteiger partial charge is 0.0623 e. The molecule has 0 amide bonds. The van der Waals surface area contributed by atoms with E-state index in [1.807, 2.05) is 0 Å². The SMILES string of the molecule is C1N[C@@H]2COC[C@H]12.Cl. The molecule has 8 heavy (non-hydrogen) atoms. The minimum Gasteiger partial charge on any atom is -0.379 e. The van der Waals surface area contributed by atoms with Crippen LogP contribution in [-0.4, -0.2) is 25.8 Å². The van der Waals surface area contributed by atoms with E-state index in [1.165, 1.54) is 6.54 Å². The molecule has 0 spiro atoms. The van der Waals surface area contributed by atoms with E-state index in [0.717, 1.165) is 25.2 Å². The highest BCUT2D eigenvalue weighted by Crippen LogP contribution is 2.19. The first kappa shape index (κ1) is 6.33. The Morgan fingerprint density at radius 2 is 2.25 bits per heavy atom. The Hall–Kier alpha value is 0.210. The Bertz CT molecular complexity index is 78.5. The number of fused-ring (bicyclic) bond motifs is 1. The molecule has 0 unspecified atom stereocenters. The second-order valence-corrected chi connectivity index (χ2v) is 2.31. The van der Waals surface area contributed by atoms with E-state index in [4.69, 9.17) is 4.74 Å². The lowest BCUT2D eigenvalue weighted by molar-refractivity contribution is 0.191. The number of nitrogens with one attached hydrogen (secondary N) is 1. The van der Waals surface area contributed by atoms with Gasteiger partial charge in [0.25, 0.3) is 0 Å². The van der Waals surface area contributed by atoms with Gasteiger partial charge in [0, 0.05) is 18.5 Å². The molecule has 2 heterocycles. The molecule has 2 aliphatic rings. The van der Waals surface area contributed by atoms with Crippen LogP contribution in [0.15, 0.2) is 0 Å².